The third-order valence-corrected chi connectivity index (χ3v) is 3.79. The Morgan fingerprint density at radius 1 is 1.14 bits per heavy atom. The normalized spacial score (nSPS) is 14.1. The number of benzene rings is 1. The molecule has 0 saturated heterocycles. The van der Waals surface area contributed by atoms with E-state index in [4.69, 9.17) is 4.42 Å². The van der Waals surface area contributed by atoms with Crippen LogP contribution in [0.25, 0.3) is 11.5 Å². The number of nitrogens with zero attached hydrogens (tertiary/aromatic N) is 2. The van der Waals surface area contributed by atoms with Gasteiger partial charge in [0.1, 0.15) is 6.10 Å². The average Bonchev–Trinajstić information content (AvgIpc) is 2.95. The molecule has 0 aliphatic rings. The molecule has 2 rings (SSSR count). The smallest absolute Gasteiger partial charge is 0.416 e. The van der Waals surface area contributed by atoms with Crippen molar-refractivity contribution in [2.45, 2.75) is 39.5 Å². The fraction of sp³-hybridized carbons (Fsp3) is 0.467. The second-order valence-electron chi connectivity index (χ2n) is 5.77. The number of aliphatic hydroxyl groups is 1. The molecule has 0 fully saturated rings. The summed E-state index contributed by atoms with van der Waals surface area (Å²) < 4.78 is 42.9. The minimum absolute atomic E-state index is 0.0572. The molecule has 0 radical (unpaired) electrons. The van der Waals surface area contributed by atoms with Crippen LogP contribution in [0, 0.1) is 5.41 Å². The number of hydrogen-bond donors (Lipinski definition) is 1. The van der Waals surface area contributed by atoms with Crippen LogP contribution in [0.5, 0.6) is 0 Å². The molecule has 0 aliphatic heterocycles. The molecule has 1 atom stereocenters. The second-order valence-corrected chi connectivity index (χ2v) is 5.77. The largest absolute Gasteiger partial charge is 0.418 e. The van der Waals surface area contributed by atoms with Crippen LogP contribution in [0.2, 0.25) is 0 Å². The Bertz CT molecular complexity index is 633. The first-order valence-electron chi connectivity index (χ1n) is 6.84. The van der Waals surface area contributed by atoms with E-state index in [0.717, 1.165) is 12.1 Å². The van der Waals surface area contributed by atoms with Crippen LogP contribution in [-0.2, 0) is 6.18 Å². The minimum Gasteiger partial charge on any atom is -0.418 e. The van der Waals surface area contributed by atoms with Gasteiger partial charge in [0.2, 0.25) is 11.8 Å². The summed E-state index contributed by atoms with van der Waals surface area (Å²) >= 11 is 0. The zero-order chi connectivity index (χ0) is 16.5. The van der Waals surface area contributed by atoms with Gasteiger partial charge in [-0.1, -0.05) is 20.8 Å². The lowest BCUT2D eigenvalue weighted by atomic mass is 9.84. The maximum Gasteiger partial charge on any atom is 0.416 e. The summed E-state index contributed by atoms with van der Waals surface area (Å²) in [4.78, 5) is 0. The van der Waals surface area contributed by atoms with Crippen molar-refractivity contribution in [3.05, 3.63) is 35.7 Å². The van der Waals surface area contributed by atoms with E-state index in [1.165, 1.54) is 12.1 Å². The minimum atomic E-state index is -4.39. The van der Waals surface area contributed by atoms with E-state index in [1.54, 1.807) is 0 Å². The zero-order valence-electron chi connectivity index (χ0n) is 12.5. The molecule has 4 nitrogen and oxygen atoms in total. The summed E-state index contributed by atoms with van der Waals surface area (Å²) in [5.74, 6) is 0.136. The van der Waals surface area contributed by atoms with Crippen LogP contribution < -0.4 is 0 Å². The number of aliphatic hydroxyl groups excluding tert-OH is 1. The molecule has 0 spiro atoms. The molecule has 1 aromatic heterocycles. The molecule has 0 bridgehead atoms. The predicted octanol–water partition coefficient (Wildman–Crippen LogP) is 4.23. The molecule has 2 aromatic rings. The molecule has 1 N–H and O–H groups in total. The van der Waals surface area contributed by atoms with Crippen molar-refractivity contribution in [1.29, 1.82) is 0 Å². The Labute approximate surface area is 126 Å². The molecule has 1 unspecified atom stereocenters. The summed E-state index contributed by atoms with van der Waals surface area (Å²) in [6, 6.07) is 4.42. The van der Waals surface area contributed by atoms with Gasteiger partial charge >= 0.3 is 6.18 Å². The lowest BCUT2D eigenvalue weighted by Gasteiger charge is -2.26. The number of halogens is 3. The average molecular weight is 314 g/mol. The van der Waals surface area contributed by atoms with E-state index in [0.29, 0.717) is 12.0 Å². The fourth-order valence-corrected chi connectivity index (χ4v) is 1.79. The highest BCUT2D eigenvalue weighted by molar-refractivity contribution is 5.53. The molecule has 7 heteroatoms. The summed E-state index contributed by atoms with van der Waals surface area (Å²) in [6.45, 7) is 5.65. The van der Waals surface area contributed by atoms with Crippen molar-refractivity contribution < 1.29 is 22.7 Å². The highest BCUT2D eigenvalue weighted by Crippen LogP contribution is 2.36. The highest BCUT2D eigenvalue weighted by Gasteiger charge is 2.32. The van der Waals surface area contributed by atoms with E-state index < -0.39 is 23.3 Å². The van der Waals surface area contributed by atoms with E-state index in [-0.39, 0.29) is 11.8 Å². The summed E-state index contributed by atoms with van der Waals surface area (Å²) in [7, 11) is 0. The van der Waals surface area contributed by atoms with Crippen LogP contribution in [0.1, 0.15) is 44.8 Å². The molecular weight excluding hydrogens is 297 g/mol. The van der Waals surface area contributed by atoms with E-state index in [9.17, 15) is 18.3 Å². The Kier molecular flexibility index (Phi) is 4.28. The summed E-state index contributed by atoms with van der Waals surface area (Å²) in [5.41, 5.74) is -0.819. The first-order chi connectivity index (χ1) is 10.1. The Morgan fingerprint density at radius 3 is 2.23 bits per heavy atom. The SMILES string of the molecule is CCC(C)(C)C(O)c1nnc(-c2ccc(C(F)(F)F)cc2)o1. The standard InChI is InChI=1S/C15H17F3N2O2/c1-4-14(2,3)11(21)13-20-19-12(22-13)9-5-7-10(8-6-9)15(16,17)18/h5-8,11,21H,4H2,1-3H3. The number of alkyl halides is 3. The lowest BCUT2D eigenvalue weighted by Crippen LogP contribution is -2.21. The number of aromatic nitrogens is 2. The summed E-state index contributed by atoms with van der Waals surface area (Å²) in [5, 5.41) is 17.8. The van der Waals surface area contributed by atoms with Gasteiger partial charge in [-0.3, -0.25) is 0 Å². The van der Waals surface area contributed by atoms with Crippen molar-refractivity contribution in [1.82, 2.24) is 10.2 Å². The van der Waals surface area contributed by atoms with Gasteiger partial charge in [0, 0.05) is 5.56 Å². The maximum absolute atomic E-state index is 12.5. The van der Waals surface area contributed by atoms with E-state index in [2.05, 4.69) is 10.2 Å². The van der Waals surface area contributed by atoms with Gasteiger partial charge in [0.05, 0.1) is 5.56 Å². The van der Waals surface area contributed by atoms with Gasteiger partial charge in [-0.15, -0.1) is 10.2 Å². The lowest BCUT2D eigenvalue weighted by molar-refractivity contribution is -0.137. The molecule has 22 heavy (non-hydrogen) atoms. The molecule has 0 aliphatic carbocycles. The van der Waals surface area contributed by atoms with Crippen molar-refractivity contribution in [2.75, 3.05) is 0 Å². The molecule has 0 saturated carbocycles. The molecule has 1 heterocycles. The van der Waals surface area contributed by atoms with Crippen molar-refractivity contribution in [2.24, 2.45) is 5.41 Å². The quantitative estimate of drug-likeness (QED) is 0.917. The first kappa shape index (κ1) is 16.5. The van der Waals surface area contributed by atoms with Crippen LogP contribution in [0.3, 0.4) is 0 Å². The Morgan fingerprint density at radius 2 is 1.73 bits per heavy atom. The number of rotatable bonds is 4. The third kappa shape index (κ3) is 3.30. The number of hydrogen-bond acceptors (Lipinski definition) is 4. The highest BCUT2D eigenvalue weighted by atomic mass is 19.4. The summed E-state index contributed by atoms with van der Waals surface area (Å²) in [6.07, 6.45) is -4.63. The van der Waals surface area contributed by atoms with Gasteiger partial charge in [0.15, 0.2) is 0 Å². The molecule has 0 amide bonds. The second kappa shape index (κ2) is 5.72. The van der Waals surface area contributed by atoms with E-state index in [1.807, 2.05) is 20.8 Å². The maximum atomic E-state index is 12.5. The van der Waals surface area contributed by atoms with Crippen LogP contribution in [-0.4, -0.2) is 15.3 Å². The zero-order valence-corrected chi connectivity index (χ0v) is 12.5. The molecule has 120 valence electrons. The van der Waals surface area contributed by atoms with Crippen molar-refractivity contribution in [3.63, 3.8) is 0 Å². The van der Waals surface area contributed by atoms with Crippen LogP contribution in [0.15, 0.2) is 28.7 Å². The van der Waals surface area contributed by atoms with Gasteiger partial charge in [-0.2, -0.15) is 13.2 Å². The van der Waals surface area contributed by atoms with Crippen molar-refractivity contribution in [3.8, 4) is 11.5 Å². The molecular formula is C15H17F3N2O2. The molecule has 1 aromatic carbocycles. The topological polar surface area (TPSA) is 59.2 Å². The fourth-order valence-electron chi connectivity index (χ4n) is 1.79. The Hall–Kier alpha value is -1.89. The van der Waals surface area contributed by atoms with Gasteiger partial charge in [-0.25, -0.2) is 0 Å². The van der Waals surface area contributed by atoms with Gasteiger partial charge in [0.25, 0.3) is 0 Å². The van der Waals surface area contributed by atoms with Crippen LogP contribution >= 0.6 is 0 Å². The van der Waals surface area contributed by atoms with E-state index >= 15 is 0 Å². The predicted molar refractivity (Wildman–Crippen MR) is 73.8 cm³/mol. The Balaban J connectivity index is 2.25. The first-order valence-corrected chi connectivity index (χ1v) is 6.84. The monoisotopic (exact) mass is 314 g/mol. The van der Waals surface area contributed by atoms with Gasteiger partial charge in [-0.05, 0) is 36.1 Å². The van der Waals surface area contributed by atoms with Crippen LogP contribution in [0.4, 0.5) is 13.2 Å². The third-order valence-electron chi connectivity index (χ3n) is 3.79. The van der Waals surface area contributed by atoms with Gasteiger partial charge < -0.3 is 9.52 Å². The van der Waals surface area contributed by atoms with Crippen molar-refractivity contribution >= 4 is 0 Å².